The number of fused-ring (bicyclic) bond motifs is 2. The van der Waals surface area contributed by atoms with Gasteiger partial charge >= 0.3 is 0 Å². The Morgan fingerprint density at radius 1 is 1.10 bits per heavy atom. The Labute approximate surface area is 176 Å². The molecule has 0 saturated heterocycles. The number of hydrogen-bond donors (Lipinski definition) is 1. The lowest BCUT2D eigenvalue weighted by atomic mass is 10.1. The van der Waals surface area contributed by atoms with E-state index in [-0.39, 0.29) is 37.8 Å². The Bertz CT molecular complexity index is 1330. The third-order valence-corrected chi connectivity index (χ3v) is 4.99. The van der Waals surface area contributed by atoms with Crippen molar-refractivity contribution >= 4 is 16.8 Å². The molecule has 0 atom stereocenters. The largest absolute Gasteiger partial charge is 0.454 e. The molecule has 1 aliphatic heterocycles. The number of hydrogen-bond acceptors (Lipinski definition) is 7. The lowest BCUT2D eigenvalue weighted by Crippen LogP contribution is -2.27. The van der Waals surface area contributed by atoms with Gasteiger partial charge < -0.3 is 19.3 Å². The average Bonchev–Trinajstić information content (AvgIpc) is 3.46. The van der Waals surface area contributed by atoms with Gasteiger partial charge in [0, 0.05) is 24.6 Å². The first-order chi connectivity index (χ1) is 15.2. The van der Waals surface area contributed by atoms with Crippen molar-refractivity contribution in [3.63, 3.8) is 0 Å². The number of rotatable bonds is 6. The third kappa shape index (κ3) is 3.85. The van der Waals surface area contributed by atoms with E-state index >= 15 is 0 Å². The topological polar surface area (TPSA) is 108 Å². The van der Waals surface area contributed by atoms with Crippen LogP contribution in [0.15, 0.2) is 64.2 Å². The fraction of sp³-hybridized carbons (Fsp3) is 0.182. The molecule has 156 valence electrons. The van der Waals surface area contributed by atoms with Crippen LogP contribution in [0.2, 0.25) is 0 Å². The number of amides is 1. The highest BCUT2D eigenvalue weighted by Crippen LogP contribution is 2.35. The molecule has 0 spiro atoms. The number of para-hydroxylation sites is 1. The van der Waals surface area contributed by atoms with Crippen LogP contribution in [0.4, 0.5) is 0 Å². The van der Waals surface area contributed by atoms with Gasteiger partial charge in [0.05, 0.1) is 23.8 Å². The van der Waals surface area contributed by atoms with Gasteiger partial charge in [-0.05, 0) is 30.3 Å². The van der Waals surface area contributed by atoms with Gasteiger partial charge in [-0.2, -0.15) is 0 Å². The number of ether oxygens (including phenoxy) is 2. The molecule has 3 heterocycles. The quantitative estimate of drug-likeness (QED) is 0.512. The molecule has 0 saturated carbocycles. The lowest BCUT2D eigenvalue weighted by molar-refractivity contribution is -0.121. The third-order valence-electron chi connectivity index (χ3n) is 4.99. The summed E-state index contributed by atoms with van der Waals surface area (Å²) in [6, 6.07) is 14.4. The minimum atomic E-state index is -0.201. The minimum absolute atomic E-state index is 0.146. The van der Waals surface area contributed by atoms with Gasteiger partial charge in [0.2, 0.25) is 12.7 Å². The summed E-state index contributed by atoms with van der Waals surface area (Å²) in [5.74, 6) is 1.71. The van der Waals surface area contributed by atoms with Crippen LogP contribution >= 0.6 is 0 Å². The van der Waals surface area contributed by atoms with Crippen LogP contribution in [0.3, 0.4) is 0 Å². The number of nitrogens with one attached hydrogen (secondary N) is 1. The summed E-state index contributed by atoms with van der Waals surface area (Å²) in [4.78, 5) is 29.0. The second kappa shape index (κ2) is 7.94. The average molecular weight is 418 g/mol. The molecule has 1 amide bonds. The fourth-order valence-corrected chi connectivity index (χ4v) is 3.35. The van der Waals surface area contributed by atoms with Gasteiger partial charge in [-0.25, -0.2) is 4.98 Å². The number of aryl methyl sites for hydroxylation is 1. The Morgan fingerprint density at radius 2 is 1.97 bits per heavy atom. The molecular formula is C22H18N4O5. The Hall–Kier alpha value is -4.14. The maximum atomic E-state index is 12.5. The first-order valence-corrected chi connectivity index (χ1v) is 9.74. The predicted molar refractivity (Wildman–Crippen MR) is 111 cm³/mol. The van der Waals surface area contributed by atoms with Crippen LogP contribution in [0.5, 0.6) is 11.5 Å². The van der Waals surface area contributed by atoms with Crippen molar-refractivity contribution in [1.29, 1.82) is 0 Å². The number of aromatic nitrogens is 3. The molecule has 1 aliphatic rings. The molecule has 4 aromatic rings. The van der Waals surface area contributed by atoms with E-state index in [0.29, 0.717) is 33.9 Å². The summed E-state index contributed by atoms with van der Waals surface area (Å²) in [7, 11) is 0. The molecule has 1 N–H and O–H groups in total. The molecule has 2 aromatic heterocycles. The summed E-state index contributed by atoms with van der Waals surface area (Å²) in [6.45, 7) is 0.662. The Kier molecular flexibility index (Phi) is 4.83. The van der Waals surface area contributed by atoms with E-state index < -0.39 is 0 Å². The summed E-state index contributed by atoms with van der Waals surface area (Å²) >= 11 is 0. The molecule has 2 aromatic carbocycles. The number of benzene rings is 2. The molecule has 0 unspecified atom stereocenters. The van der Waals surface area contributed by atoms with Crippen molar-refractivity contribution in [2.24, 2.45) is 0 Å². The van der Waals surface area contributed by atoms with E-state index in [0.717, 1.165) is 5.56 Å². The minimum Gasteiger partial charge on any atom is -0.454 e. The zero-order valence-corrected chi connectivity index (χ0v) is 16.4. The smallest absolute Gasteiger partial charge is 0.261 e. The van der Waals surface area contributed by atoms with Crippen molar-refractivity contribution in [2.75, 3.05) is 6.79 Å². The van der Waals surface area contributed by atoms with Gasteiger partial charge in [-0.15, -0.1) is 0 Å². The maximum absolute atomic E-state index is 12.5. The van der Waals surface area contributed by atoms with Crippen molar-refractivity contribution in [2.45, 2.75) is 19.5 Å². The summed E-state index contributed by atoms with van der Waals surface area (Å²) < 4.78 is 17.5. The van der Waals surface area contributed by atoms with E-state index in [1.54, 1.807) is 24.3 Å². The van der Waals surface area contributed by atoms with Crippen LogP contribution < -0.4 is 20.3 Å². The van der Waals surface area contributed by atoms with Gasteiger partial charge in [0.15, 0.2) is 17.3 Å². The van der Waals surface area contributed by atoms with Gasteiger partial charge in [0.25, 0.3) is 5.56 Å². The molecule has 0 aliphatic carbocycles. The number of carbonyl (C=O) groups excluding carboxylic acids is 1. The van der Waals surface area contributed by atoms with Gasteiger partial charge in [0.1, 0.15) is 5.69 Å². The summed E-state index contributed by atoms with van der Waals surface area (Å²) in [5, 5.41) is 7.32. The van der Waals surface area contributed by atoms with Crippen LogP contribution in [0.25, 0.3) is 22.2 Å². The monoisotopic (exact) mass is 418 g/mol. The zero-order chi connectivity index (χ0) is 21.2. The van der Waals surface area contributed by atoms with Gasteiger partial charge in [-0.1, -0.05) is 17.3 Å². The van der Waals surface area contributed by atoms with E-state index in [1.807, 2.05) is 24.3 Å². The molecule has 0 bridgehead atoms. The molecular weight excluding hydrogens is 400 g/mol. The Balaban J connectivity index is 1.18. The van der Waals surface area contributed by atoms with Crippen LogP contribution in [0, 0.1) is 0 Å². The second-order valence-electron chi connectivity index (χ2n) is 7.04. The molecule has 0 radical (unpaired) electrons. The summed E-state index contributed by atoms with van der Waals surface area (Å²) in [6.07, 6.45) is 1.61. The van der Waals surface area contributed by atoms with Crippen LogP contribution in [-0.4, -0.2) is 27.4 Å². The highest BCUT2D eigenvalue weighted by atomic mass is 16.7. The molecule has 0 fully saturated rings. The van der Waals surface area contributed by atoms with Crippen molar-refractivity contribution in [1.82, 2.24) is 20.0 Å². The number of nitrogens with zero attached hydrogens (tertiary/aromatic N) is 3. The second-order valence-corrected chi connectivity index (χ2v) is 7.04. The van der Waals surface area contributed by atoms with E-state index in [2.05, 4.69) is 15.5 Å². The van der Waals surface area contributed by atoms with Crippen LogP contribution in [-0.2, 0) is 17.9 Å². The SMILES string of the molecule is O=C(CCn1cnc2ccccc2c1=O)NCc1cc(-c2ccc3c(c2)OCO3)on1. The first kappa shape index (κ1) is 18.9. The van der Waals surface area contributed by atoms with Crippen molar-refractivity contribution in [3.05, 3.63) is 70.9 Å². The molecule has 5 rings (SSSR count). The molecule has 9 heteroatoms. The Morgan fingerprint density at radius 3 is 2.90 bits per heavy atom. The maximum Gasteiger partial charge on any atom is 0.261 e. The van der Waals surface area contributed by atoms with Crippen LogP contribution in [0.1, 0.15) is 12.1 Å². The predicted octanol–water partition coefficient (Wildman–Crippen LogP) is 2.49. The summed E-state index contributed by atoms with van der Waals surface area (Å²) in [5.41, 5.74) is 1.86. The van der Waals surface area contributed by atoms with E-state index in [1.165, 1.54) is 10.9 Å². The fourth-order valence-electron chi connectivity index (χ4n) is 3.35. The van der Waals surface area contributed by atoms with Gasteiger partial charge in [-0.3, -0.25) is 14.2 Å². The zero-order valence-electron chi connectivity index (χ0n) is 16.4. The van der Waals surface area contributed by atoms with E-state index in [9.17, 15) is 9.59 Å². The highest BCUT2D eigenvalue weighted by molar-refractivity contribution is 5.77. The number of carbonyl (C=O) groups is 1. The van der Waals surface area contributed by atoms with E-state index in [4.69, 9.17) is 14.0 Å². The first-order valence-electron chi connectivity index (χ1n) is 9.74. The molecule has 31 heavy (non-hydrogen) atoms. The van der Waals surface area contributed by atoms with Crippen molar-refractivity contribution < 1.29 is 18.8 Å². The van der Waals surface area contributed by atoms with Crippen molar-refractivity contribution in [3.8, 4) is 22.8 Å². The highest BCUT2D eigenvalue weighted by Gasteiger charge is 2.16. The lowest BCUT2D eigenvalue weighted by Gasteiger charge is -2.07. The normalized spacial score (nSPS) is 12.3. The molecule has 9 nitrogen and oxygen atoms in total. The standard InChI is InChI=1S/C22H18N4O5/c27-21(7-8-26-12-24-17-4-2-1-3-16(17)22(26)28)23-11-15-10-19(31-25-15)14-5-6-18-20(9-14)30-13-29-18/h1-6,9-10,12H,7-8,11,13H2,(H,23,27).